The second kappa shape index (κ2) is 5.26. The third-order valence-electron chi connectivity index (χ3n) is 2.76. The molecule has 0 spiro atoms. The highest BCUT2D eigenvalue weighted by Gasteiger charge is 2.26. The van der Waals surface area contributed by atoms with E-state index in [1.165, 1.54) is 10.5 Å². The zero-order valence-electron chi connectivity index (χ0n) is 9.87. The summed E-state index contributed by atoms with van der Waals surface area (Å²) in [6.07, 6.45) is 0.930. The van der Waals surface area contributed by atoms with E-state index in [9.17, 15) is 4.79 Å². The lowest BCUT2D eigenvalue weighted by molar-refractivity contribution is -0.133. The van der Waals surface area contributed by atoms with Crippen LogP contribution in [0.25, 0.3) is 0 Å². The zero-order valence-corrected chi connectivity index (χ0v) is 11.5. The van der Waals surface area contributed by atoms with Crippen molar-refractivity contribution in [1.29, 1.82) is 0 Å². The van der Waals surface area contributed by atoms with Gasteiger partial charge in [-0.1, -0.05) is 30.0 Å². The molecule has 1 aromatic heterocycles. The van der Waals surface area contributed by atoms with E-state index in [1.807, 2.05) is 12.1 Å². The predicted molar refractivity (Wildman–Crippen MR) is 73.5 cm³/mol. The first-order valence-corrected chi connectivity index (χ1v) is 7.60. The number of aromatic nitrogens is 3. The summed E-state index contributed by atoms with van der Waals surface area (Å²) in [5.41, 5.74) is 1.33. The van der Waals surface area contributed by atoms with Crippen molar-refractivity contribution < 1.29 is 9.90 Å². The fraction of sp³-hybridized carbons (Fsp3) is 0.250. The van der Waals surface area contributed by atoms with Gasteiger partial charge in [0.15, 0.2) is 0 Å². The topological polar surface area (TPSA) is 78.9 Å². The zero-order chi connectivity index (χ0) is 13.2. The lowest BCUT2D eigenvalue weighted by Crippen LogP contribution is -1.98. The molecule has 0 saturated heterocycles. The van der Waals surface area contributed by atoms with Crippen molar-refractivity contribution in [3.05, 3.63) is 35.7 Å². The van der Waals surface area contributed by atoms with Crippen LogP contribution in [0.1, 0.15) is 16.6 Å². The third kappa shape index (κ3) is 2.76. The van der Waals surface area contributed by atoms with Gasteiger partial charge in [-0.2, -0.15) is 0 Å². The Labute approximate surface area is 118 Å². The summed E-state index contributed by atoms with van der Waals surface area (Å²) >= 11 is 2.90. The Morgan fingerprint density at radius 2 is 2.37 bits per heavy atom. The number of hydrogen-bond acceptors (Lipinski definition) is 5. The maximum Gasteiger partial charge on any atom is 0.313 e. The lowest BCUT2D eigenvalue weighted by Gasteiger charge is -2.01. The summed E-state index contributed by atoms with van der Waals surface area (Å²) in [4.78, 5) is 16.1. The van der Waals surface area contributed by atoms with Gasteiger partial charge in [0.25, 0.3) is 0 Å². The average Bonchev–Trinajstić information content (AvgIpc) is 3.02. The summed E-state index contributed by atoms with van der Waals surface area (Å²) in [7, 11) is 0. The van der Waals surface area contributed by atoms with Crippen LogP contribution >= 0.6 is 23.5 Å². The van der Waals surface area contributed by atoms with Gasteiger partial charge in [-0.25, -0.2) is 4.98 Å². The molecule has 0 aliphatic carbocycles. The van der Waals surface area contributed by atoms with E-state index in [1.54, 1.807) is 11.8 Å². The Hall–Kier alpha value is -1.47. The molecule has 2 heterocycles. The van der Waals surface area contributed by atoms with Crippen molar-refractivity contribution in [3.8, 4) is 0 Å². The van der Waals surface area contributed by atoms with Gasteiger partial charge >= 0.3 is 5.97 Å². The number of carboxylic acids is 1. The Balaban J connectivity index is 1.70. The number of fused-ring (bicyclic) bond motifs is 1. The van der Waals surface area contributed by atoms with Crippen LogP contribution < -0.4 is 0 Å². The van der Waals surface area contributed by atoms with Gasteiger partial charge in [-0.3, -0.25) is 9.89 Å². The first kappa shape index (κ1) is 12.6. The molecule has 1 aliphatic rings. The van der Waals surface area contributed by atoms with Crippen LogP contribution in [0.15, 0.2) is 34.3 Å². The summed E-state index contributed by atoms with van der Waals surface area (Å²) in [5.74, 6) is -0.0666. The van der Waals surface area contributed by atoms with Crippen molar-refractivity contribution in [2.45, 2.75) is 21.7 Å². The average molecular weight is 293 g/mol. The number of H-pyrrole nitrogens is 1. The Morgan fingerprint density at radius 3 is 3.16 bits per heavy atom. The van der Waals surface area contributed by atoms with Crippen LogP contribution in [0.5, 0.6) is 0 Å². The Kier molecular flexibility index (Phi) is 3.48. The predicted octanol–water partition coefficient (Wildman–Crippen LogP) is 2.37. The van der Waals surface area contributed by atoms with E-state index in [2.05, 4.69) is 27.3 Å². The van der Waals surface area contributed by atoms with Crippen molar-refractivity contribution in [2.24, 2.45) is 0 Å². The Bertz CT molecular complexity index is 590. The highest BCUT2D eigenvalue weighted by atomic mass is 32.2. The van der Waals surface area contributed by atoms with Crippen LogP contribution in [-0.2, 0) is 11.2 Å². The van der Waals surface area contributed by atoms with Crippen LogP contribution in [0.4, 0.5) is 0 Å². The maximum absolute atomic E-state index is 10.5. The maximum atomic E-state index is 10.5. The molecule has 0 fully saturated rings. The van der Waals surface area contributed by atoms with E-state index in [0.717, 1.165) is 24.0 Å². The number of thioether (sulfide) groups is 2. The first-order chi connectivity index (χ1) is 9.22. The number of benzene rings is 1. The van der Waals surface area contributed by atoms with Gasteiger partial charge in [0.2, 0.25) is 5.16 Å². The molecule has 0 bridgehead atoms. The van der Waals surface area contributed by atoms with E-state index in [0.29, 0.717) is 5.16 Å². The van der Waals surface area contributed by atoms with Gasteiger partial charge in [0.05, 0.1) is 11.0 Å². The molecule has 98 valence electrons. The molecule has 3 rings (SSSR count). The molecular weight excluding hydrogens is 282 g/mol. The lowest BCUT2D eigenvalue weighted by atomic mass is 10.1. The highest BCUT2D eigenvalue weighted by molar-refractivity contribution is 8.00. The summed E-state index contributed by atoms with van der Waals surface area (Å²) in [6, 6.07) is 8.30. The standard InChI is InChI=1S/C12H11N3O2S2/c16-10(17)6-18-12-13-11(14-15-12)9-5-7-3-1-2-4-8(7)19-9/h1-4,9H,5-6H2,(H,16,17)(H,13,14,15). The number of rotatable bonds is 4. The molecular formula is C12H11N3O2S2. The van der Waals surface area contributed by atoms with Gasteiger partial charge in [-0.05, 0) is 18.1 Å². The smallest absolute Gasteiger partial charge is 0.313 e. The number of nitrogens with zero attached hydrogens (tertiary/aromatic N) is 2. The second-order valence-electron chi connectivity index (χ2n) is 4.10. The molecule has 2 aromatic rings. The van der Waals surface area contributed by atoms with Gasteiger partial charge < -0.3 is 5.11 Å². The van der Waals surface area contributed by atoms with Crippen molar-refractivity contribution >= 4 is 29.5 Å². The minimum atomic E-state index is -0.862. The summed E-state index contributed by atoms with van der Waals surface area (Å²) < 4.78 is 0. The minimum absolute atomic E-state index is 0.0185. The molecule has 0 amide bonds. The van der Waals surface area contributed by atoms with Crippen molar-refractivity contribution in [1.82, 2.24) is 15.2 Å². The van der Waals surface area contributed by atoms with Gasteiger partial charge in [0.1, 0.15) is 5.82 Å². The van der Waals surface area contributed by atoms with E-state index < -0.39 is 5.97 Å². The summed E-state index contributed by atoms with van der Waals surface area (Å²) in [5, 5.41) is 16.3. The molecule has 1 aliphatic heterocycles. The second-order valence-corrected chi connectivity index (χ2v) is 6.29. The largest absolute Gasteiger partial charge is 0.481 e. The van der Waals surface area contributed by atoms with E-state index >= 15 is 0 Å². The number of nitrogens with one attached hydrogen (secondary N) is 1. The number of aromatic amines is 1. The van der Waals surface area contributed by atoms with Crippen molar-refractivity contribution in [3.63, 3.8) is 0 Å². The van der Waals surface area contributed by atoms with Crippen LogP contribution in [0, 0.1) is 0 Å². The SMILES string of the molecule is O=C(O)CSc1n[nH]c(C2Cc3ccccc3S2)n1. The minimum Gasteiger partial charge on any atom is -0.481 e. The molecule has 5 nitrogen and oxygen atoms in total. The number of aliphatic carboxylic acids is 1. The monoisotopic (exact) mass is 293 g/mol. The van der Waals surface area contributed by atoms with Crippen LogP contribution in [0.3, 0.4) is 0 Å². The van der Waals surface area contributed by atoms with Crippen LogP contribution in [0.2, 0.25) is 0 Å². The Morgan fingerprint density at radius 1 is 1.53 bits per heavy atom. The fourth-order valence-electron chi connectivity index (χ4n) is 1.93. The number of hydrogen-bond donors (Lipinski definition) is 2. The molecule has 1 aromatic carbocycles. The first-order valence-electron chi connectivity index (χ1n) is 5.74. The fourth-order valence-corrected chi connectivity index (χ4v) is 3.70. The van der Waals surface area contributed by atoms with Crippen molar-refractivity contribution in [2.75, 3.05) is 5.75 Å². The third-order valence-corrected chi connectivity index (χ3v) is 4.92. The number of carbonyl (C=O) groups is 1. The van der Waals surface area contributed by atoms with Crippen LogP contribution in [-0.4, -0.2) is 32.0 Å². The molecule has 19 heavy (non-hydrogen) atoms. The molecule has 0 radical (unpaired) electrons. The number of carboxylic acid groups (broad SMARTS) is 1. The van der Waals surface area contributed by atoms with Gasteiger partial charge in [-0.15, -0.1) is 16.9 Å². The molecule has 0 saturated carbocycles. The van der Waals surface area contributed by atoms with Gasteiger partial charge in [0, 0.05) is 4.90 Å². The molecule has 2 N–H and O–H groups in total. The molecule has 1 atom stereocenters. The quantitative estimate of drug-likeness (QED) is 0.843. The normalized spacial score (nSPS) is 17.4. The highest BCUT2D eigenvalue weighted by Crippen LogP contribution is 2.45. The molecule has 1 unspecified atom stereocenters. The summed E-state index contributed by atoms with van der Waals surface area (Å²) in [6.45, 7) is 0. The molecule has 7 heteroatoms. The van der Waals surface area contributed by atoms with E-state index in [4.69, 9.17) is 5.11 Å². The van der Waals surface area contributed by atoms with E-state index in [-0.39, 0.29) is 11.0 Å².